The Morgan fingerprint density at radius 3 is 2.35 bits per heavy atom. The standard InChI is InChI=1S/C43H64ClNO4/c1-38(2)22-24-43(19-11-10-14-36(47)45-32(37(48)49)26-28-12-8-9-13-31(28)44)25-23-41(6)29(30(43)27-38)15-16-34-40(5)20-18-35(46)39(3,4)33(40)17-21-42(34,41)7/h8-9,12-13,15,30,32-35,46H,10-11,14,16-27H2,1-7H3,(H,45,47)(H,48,49)/t30-,32?,33-,34+,35-,40-,41+,42+,43+/m0/s1. The first kappa shape index (κ1) is 36.9. The lowest BCUT2D eigenvalue weighted by molar-refractivity contribution is -0.203. The van der Waals surface area contributed by atoms with E-state index in [9.17, 15) is 19.8 Å². The van der Waals surface area contributed by atoms with E-state index in [4.69, 9.17) is 11.6 Å². The monoisotopic (exact) mass is 693 g/mol. The Bertz CT molecular complexity index is 1470. The maximum Gasteiger partial charge on any atom is 0.326 e. The van der Waals surface area contributed by atoms with Crippen molar-refractivity contribution in [2.24, 2.45) is 50.2 Å². The van der Waals surface area contributed by atoms with E-state index >= 15 is 0 Å². The van der Waals surface area contributed by atoms with Crippen LogP contribution in [0.15, 0.2) is 35.9 Å². The maximum atomic E-state index is 13.0. The highest BCUT2D eigenvalue weighted by Gasteiger charge is 2.68. The Labute approximate surface area is 301 Å². The molecule has 0 heterocycles. The first-order valence-electron chi connectivity index (χ1n) is 19.5. The van der Waals surface area contributed by atoms with E-state index in [2.05, 4.69) is 59.9 Å². The fourth-order valence-electron chi connectivity index (χ4n) is 12.9. The van der Waals surface area contributed by atoms with Crippen molar-refractivity contribution in [2.45, 2.75) is 157 Å². The molecule has 5 nitrogen and oxygen atoms in total. The van der Waals surface area contributed by atoms with Crippen molar-refractivity contribution in [3.05, 3.63) is 46.5 Å². The lowest BCUT2D eigenvalue weighted by Gasteiger charge is -2.71. The van der Waals surface area contributed by atoms with Gasteiger partial charge in [-0.25, -0.2) is 4.79 Å². The van der Waals surface area contributed by atoms with E-state index in [0.29, 0.717) is 34.6 Å². The van der Waals surface area contributed by atoms with Crippen LogP contribution in [0.2, 0.25) is 5.02 Å². The van der Waals surface area contributed by atoms with Crippen molar-refractivity contribution < 1.29 is 19.8 Å². The molecule has 49 heavy (non-hydrogen) atoms. The number of fused-ring (bicyclic) bond motifs is 7. The highest BCUT2D eigenvalue weighted by molar-refractivity contribution is 6.31. The Balaban J connectivity index is 1.16. The van der Waals surface area contributed by atoms with E-state index in [1.54, 1.807) is 11.6 Å². The number of carboxylic acid groups (broad SMARTS) is 1. The number of rotatable bonds is 9. The SMILES string of the molecule is CC1(C)CC[C@]2(CCCCC(=O)NC(Cc3ccccc3Cl)C(=O)O)CC[C@]3(C)C(=CC[C@@H]4[C@@]5(C)CC[C@H](O)C(C)(C)[C@@H]5CC[C@]43C)[C@@H]2C1. The highest BCUT2D eigenvalue weighted by atomic mass is 35.5. The van der Waals surface area contributed by atoms with Gasteiger partial charge in [0.05, 0.1) is 6.10 Å². The fourth-order valence-corrected chi connectivity index (χ4v) is 13.1. The molecule has 6 heteroatoms. The predicted octanol–water partition coefficient (Wildman–Crippen LogP) is 10.2. The smallest absolute Gasteiger partial charge is 0.326 e. The second-order valence-electron chi connectivity index (χ2n) is 19.4. The number of amides is 1. The lowest BCUT2D eigenvalue weighted by Crippen LogP contribution is -2.64. The van der Waals surface area contributed by atoms with Crippen LogP contribution in [0.5, 0.6) is 0 Å². The van der Waals surface area contributed by atoms with Crippen molar-refractivity contribution in [3.63, 3.8) is 0 Å². The molecular weight excluding hydrogens is 630 g/mol. The zero-order valence-corrected chi connectivity index (χ0v) is 32.2. The largest absolute Gasteiger partial charge is 0.480 e. The molecule has 0 saturated heterocycles. The minimum atomic E-state index is -1.03. The molecule has 1 amide bonds. The number of benzene rings is 1. The molecule has 1 aromatic rings. The molecule has 0 bridgehead atoms. The molecule has 4 saturated carbocycles. The van der Waals surface area contributed by atoms with Crippen LogP contribution in [-0.4, -0.2) is 34.2 Å². The normalized spacial score (nSPS) is 39.7. The summed E-state index contributed by atoms with van der Waals surface area (Å²) in [5.74, 6) is 0.578. The second kappa shape index (κ2) is 13.0. The summed E-state index contributed by atoms with van der Waals surface area (Å²) in [6.07, 6.45) is 18.0. The Hall–Kier alpha value is -1.85. The van der Waals surface area contributed by atoms with E-state index in [0.717, 1.165) is 37.7 Å². The molecule has 5 aliphatic rings. The summed E-state index contributed by atoms with van der Waals surface area (Å²) in [6.45, 7) is 17.5. The highest BCUT2D eigenvalue weighted by Crippen LogP contribution is 2.76. The van der Waals surface area contributed by atoms with Gasteiger partial charge in [-0.3, -0.25) is 4.79 Å². The molecule has 272 valence electrons. The Kier molecular flexibility index (Phi) is 9.78. The topological polar surface area (TPSA) is 86.6 Å². The van der Waals surface area contributed by atoms with E-state index in [1.807, 2.05) is 18.2 Å². The number of allylic oxidation sites excluding steroid dienone is 2. The quantitative estimate of drug-likeness (QED) is 0.177. The van der Waals surface area contributed by atoms with Gasteiger partial charge in [-0.2, -0.15) is 0 Å². The van der Waals surface area contributed by atoms with Crippen molar-refractivity contribution in [2.75, 3.05) is 0 Å². The van der Waals surface area contributed by atoms with Crippen LogP contribution in [0.4, 0.5) is 0 Å². The van der Waals surface area contributed by atoms with Crippen LogP contribution in [-0.2, 0) is 16.0 Å². The van der Waals surface area contributed by atoms with Crippen LogP contribution >= 0.6 is 11.6 Å². The maximum absolute atomic E-state index is 13.0. The molecule has 1 aromatic carbocycles. The first-order valence-corrected chi connectivity index (χ1v) is 19.9. The molecule has 0 spiro atoms. The van der Waals surface area contributed by atoms with Crippen molar-refractivity contribution >= 4 is 23.5 Å². The number of aliphatic hydroxyl groups is 1. The van der Waals surface area contributed by atoms with Gasteiger partial charge in [0, 0.05) is 17.9 Å². The number of halogens is 1. The van der Waals surface area contributed by atoms with Crippen molar-refractivity contribution in [3.8, 4) is 0 Å². The van der Waals surface area contributed by atoms with E-state index in [-0.39, 0.29) is 45.5 Å². The fraction of sp³-hybridized carbons (Fsp3) is 0.767. The summed E-state index contributed by atoms with van der Waals surface area (Å²) in [6, 6.07) is 6.24. The summed E-state index contributed by atoms with van der Waals surface area (Å²) in [7, 11) is 0. The number of aliphatic hydroxyl groups excluding tert-OH is 1. The van der Waals surface area contributed by atoms with Crippen LogP contribution in [0.3, 0.4) is 0 Å². The van der Waals surface area contributed by atoms with Gasteiger partial charge in [-0.05, 0) is 139 Å². The number of carboxylic acids is 1. The summed E-state index contributed by atoms with van der Waals surface area (Å²) in [5.41, 5.74) is 3.79. The number of unbranched alkanes of at least 4 members (excludes halogenated alkanes) is 1. The average Bonchev–Trinajstić information content (AvgIpc) is 3.02. The molecule has 3 N–H and O–H groups in total. The number of aliphatic carboxylic acids is 1. The van der Waals surface area contributed by atoms with Gasteiger partial charge in [0.2, 0.25) is 5.91 Å². The Morgan fingerprint density at radius 1 is 0.918 bits per heavy atom. The minimum absolute atomic E-state index is 0.0323. The summed E-state index contributed by atoms with van der Waals surface area (Å²) in [5, 5.41) is 24.2. The molecule has 0 radical (unpaired) electrons. The number of carbonyl (C=O) groups is 2. The van der Waals surface area contributed by atoms with Crippen molar-refractivity contribution in [1.29, 1.82) is 0 Å². The molecule has 9 atom stereocenters. The third kappa shape index (κ3) is 6.23. The first-order chi connectivity index (χ1) is 22.9. The van der Waals surface area contributed by atoms with E-state index < -0.39 is 12.0 Å². The van der Waals surface area contributed by atoms with Gasteiger partial charge in [-0.1, -0.05) is 96.3 Å². The van der Waals surface area contributed by atoms with Crippen LogP contribution in [0, 0.1) is 50.2 Å². The second-order valence-corrected chi connectivity index (χ2v) is 19.8. The summed E-state index contributed by atoms with van der Waals surface area (Å²) in [4.78, 5) is 25.0. The van der Waals surface area contributed by atoms with E-state index in [1.165, 1.54) is 51.4 Å². The third-order valence-electron chi connectivity index (χ3n) is 16.1. The molecular formula is C43H64ClNO4. The molecule has 5 aliphatic carbocycles. The van der Waals surface area contributed by atoms with Gasteiger partial charge in [-0.15, -0.1) is 0 Å². The minimum Gasteiger partial charge on any atom is -0.480 e. The molecule has 0 aromatic heterocycles. The van der Waals surface area contributed by atoms with Crippen LogP contribution < -0.4 is 5.32 Å². The van der Waals surface area contributed by atoms with Gasteiger partial charge in [0.25, 0.3) is 0 Å². The Morgan fingerprint density at radius 2 is 1.63 bits per heavy atom. The number of hydrogen-bond donors (Lipinski definition) is 3. The summed E-state index contributed by atoms with van der Waals surface area (Å²) >= 11 is 6.28. The number of nitrogens with one attached hydrogen (secondary N) is 1. The number of hydrogen-bond acceptors (Lipinski definition) is 3. The van der Waals surface area contributed by atoms with Crippen molar-refractivity contribution in [1.82, 2.24) is 5.32 Å². The van der Waals surface area contributed by atoms with Crippen LogP contribution in [0.1, 0.15) is 144 Å². The van der Waals surface area contributed by atoms with Gasteiger partial charge < -0.3 is 15.5 Å². The number of carbonyl (C=O) groups excluding carboxylic acids is 1. The zero-order chi connectivity index (χ0) is 35.6. The summed E-state index contributed by atoms with van der Waals surface area (Å²) < 4.78 is 0. The predicted molar refractivity (Wildman–Crippen MR) is 198 cm³/mol. The molecule has 1 unspecified atom stereocenters. The average molecular weight is 694 g/mol. The molecule has 6 rings (SSSR count). The molecule has 4 fully saturated rings. The zero-order valence-electron chi connectivity index (χ0n) is 31.5. The van der Waals surface area contributed by atoms with Gasteiger partial charge in [0.15, 0.2) is 0 Å². The van der Waals surface area contributed by atoms with Crippen LogP contribution in [0.25, 0.3) is 0 Å². The lowest BCUT2D eigenvalue weighted by atomic mass is 9.33. The van der Waals surface area contributed by atoms with Gasteiger partial charge in [0.1, 0.15) is 6.04 Å². The molecule has 0 aliphatic heterocycles. The van der Waals surface area contributed by atoms with Gasteiger partial charge >= 0.3 is 5.97 Å². The third-order valence-corrected chi connectivity index (χ3v) is 16.5.